The lowest BCUT2D eigenvalue weighted by Crippen LogP contribution is -2.36. The van der Waals surface area contributed by atoms with Gasteiger partial charge >= 0.3 is 5.97 Å². The number of rotatable bonds is 4. The highest BCUT2D eigenvalue weighted by Gasteiger charge is 2.29. The second kappa shape index (κ2) is 5.89. The standard InChI is InChI=1S/C12H15N3O6S/c13-22(20,21)9-1-2-10(11(7-9)15(18)19)14-5-3-8(4-6-14)12(16)17/h1-2,7-8H,3-6H2,(H,16,17)(H2,13,20,21). The van der Waals surface area contributed by atoms with Crippen molar-refractivity contribution in [2.45, 2.75) is 17.7 Å². The molecular formula is C12H15N3O6S. The van der Waals surface area contributed by atoms with Crippen LogP contribution in [0.5, 0.6) is 0 Å². The average molecular weight is 329 g/mol. The number of carbonyl (C=O) groups is 1. The van der Waals surface area contributed by atoms with Gasteiger partial charge in [-0.05, 0) is 25.0 Å². The van der Waals surface area contributed by atoms with E-state index in [2.05, 4.69) is 0 Å². The predicted octanol–water partition coefficient (Wildman–Crippen LogP) is 0.543. The Labute approximate surface area is 126 Å². The third kappa shape index (κ3) is 3.34. The van der Waals surface area contributed by atoms with Gasteiger partial charge in [-0.2, -0.15) is 0 Å². The number of sulfonamides is 1. The first-order valence-electron chi connectivity index (χ1n) is 6.49. The van der Waals surface area contributed by atoms with Gasteiger partial charge in [0.05, 0.1) is 15.7 Å². The number of piperidine rings is 1. The Morgan fingerprint density at radius 1 is 1.36 bits per heavy atom. The van der Waals surface area contributed by atoms with Crippen molar-refractivity contribution in [3.63, 3.8) is 0 Å². The van der Waals surface area contributed by atoms with Gasteiger partial charge in [-0.3, -0.25) is 14.9 Å². The van der Waals surface area contributed by atoms with Crippen molar-refractivity contribution in [2.75, 3.05) is 18.0 Å². The monoisotopic (exact) mass is 329 g/mol. The third-order valence-electron chi connectivity index (χ3n) is 3.66. The second-order valence-electron chi connectivity index (χ2n) is 5.05. The van der Waals surface area contributed by atoms with Gasteiger partial charge in [0.2, 0.25) is 10.0 Å². The van der Waals surface area contributed by atoms with Gasteiger partial charge in [0.15, 0.2) is 0 Å². The summed E-state index contributed by atoms with van der Waals surface area (Å²) in [6.07, 6.45) is 0.757. The van der Waals surface area contributed by atoms with Crippen LogP contribution in [0.15, 0.2) is 23.1 Å². The van der Waals surface area contributed by atoms with Crippen molar-refractivity contribution >= 4 is 27.4 Å². The van der Waals surface area contributed by atoms with Crippen LogP contribution in [0.2, 0.25) is 0 Å². The Hall–Kier alpha value is -2.20. The number of primary sulfonamides is 1. The first-order chi connectivity index (χ1) is 10.2. The molecule has 1 fully saturated rings. The number of anilines is 1. The van der Waals surface area contributed by atoms with Gasteiger partial charge in [-0.25, -0.2) is 13.6 Å². The molecule has 1 aromatic rings. The topological polar surface area (TPSA) is 144 Å². The van der Waals surface area contributed by atoms with Crippen LogP contribution in [0, 0.1) is 16.0 Å². The van der Waals surface area contributed by atoms with Crippen LogP contribution in [0.25, 0.3) is 0 Å². The van der Waals surface area contributed by atoms with Gasteiger partial charge in [0.25, 0.3) is 5.69 Å². The first kappa shape index (κ1) is 16.2. The lowest BCUT2D eigenvalue weighted by molar-refractivity contribution is -0.384. The molecular weight excluding hydrogens is 314 g/mol. The van der Waals surface area contributed by atoms with Crippen molar-refractivity contribution in [1.29, 1.82) is 0 Å². The molecule has 2 rings (SSSR count). The van der Waals surface area contributed by atoms with Crippen LogP contribution >= 0.6 is 0 Å². The molecule has 0 aliphatic carbocycles. The smallest absolute Gasteiger partial charge is 0.306 e. The Morgan fingerprint density at radius 3 is 2.41 bits per heavy atom. The number of nitro groups is 1. The number of nitrogens with two attached hydrogens (primary N) is 1. The van der Waals surface area contributed by atoms with E-state index in [1.807, 2.05) is 0 Å². The molecule has 0 amide bonds. The lowest BCUT2D eigenvalue weighted by Gasteiger charge is -2.31. The summed E-state index contributed by atoms with van der Waals surface area (Å²) in [5.74, 6) is -1.34. The maximum absolute atomic E-state index is 11.3. The number of hydrogen-bond acceptors (Lipinski definition) is 6. The third-order valence-corrected chi connectivity index (χ3v) is 4.57. The van der Waals surface area contributed by atoms with Crippen LogP contribution < -0.4 is 10.0 Å². The molecule has 120 valence electrons. The van der Waals surface area contributed by atoms with Crippen molar-refractivity contribution in [1.82, 2.24) is 0 Å². The summed E-state index contributed by atoms with van der Waals surface area (Å²) in [4.78, 5) is 22.8. The van der Waals surface area contributed by atoms with E-state index >= 15 is 0 Å². The Kier molecular flexibility index (Phi) is 4.33. The number of nitrogens with zero attached hydrogens (tertiary/aromatic N) is 2. The molecule has 1 aromatic carbocycles. The van der Waals surface area contributed by atoms with Crippen LogP contribution in [0.3, 0.4) is 0 Å². The van der Waals surface area contributed by atoms with Crippen LogP contribution in [-0.4, -0.2) is 37.5 Å². The number of benzene rings is 1. The van der Waals surface area contributed by atoms with E-state index < -0.39 is 26.8 Å². The van der Waals surface area contributed by atoms with Crippen LogP contribution in [0.4, 0.5) is 11.4 Å². The van der Waals surface area contributed by atoms with Crippen LogP contribution in [-0.2, 0) is 14.8 Å². The molecule has 1 aliphatic rings. The highest BCUT2D eigenvalue weighted by Crippen LogP contribution is 2.33. The molecule has 1 saturated heterocycles. The summed E-state index contributed by atoms with van der Waals surface area (Å²) in [7, 11) is -4.03. The Bertz CT molecular complexity index is 710. The number of nitro benzene ring substituents is 1. The van der Waals surface area contributed by atoms with E-state index in [0.29, 0.717) is 25.9 Å². The van der Waals surface area contributed by atoms with Crippen LogP contribution in [0.1, 0.15) is 12.8 Å². The minimum absolute atomic E-state index is 0.265. The van der Waals surface area contributed by atoms with Gasteiger partial charge < -0.3 is 10.0 Å². The van der Waals surface area contributed by atoms with Crippen molar-refractivity contribution in [3.8, 4) is 0 Å². The minimum atomic E-state index is -4.03. The molecule has 0 radical (unpaired) electrons. The van der Waals surface area contributed by atoms with Crippen molar-refractivity contribution in [3.05, 3.63) is 28.3 Å². The number of carboxylic acid groups (broad SMARTS) is 1. The average Bonchev–Trinajstić information content (AvgIpc) is 2.45. The van der Waals surface area contributed by atoms with Gasteiger partial charge in [-0.15, -0.1) is 0 Å². The number of aliphatic carboxylic acids is 1. The molecule has 0 spiro atoms. The van der Waals surface area contributed by atoms with Gasteiger partial charge in [-0.1, -0.05) is 0 Å². The highest BCUT2D eigenvalue weighted by molar-refractivity contribution is 7.89. The molecule has 22 heavy (non-hydrogen) atoms. The van der Waals surface area contributed by atoms with E-state index in [0.717, 1.165) is 6.07 Å². The van der Waals surface area contributed by atoms with E-state index in [1.165, 1.54) is 12.1 Å². The number of hydrogen-bond donors (Lipinski definition) is 2. The van der Waals surface area contributed by atoms with E-state index in [-0.39, 0.29) is 16.3 Å². The number of carboxylic acids is 1. The SMILES string of the molecule is NS(=O)(=O)c1ccc(N2CCC(C(=O)O)CC2)c([N+](=O)[O-])c1. The predicted molar refractivity (Wildman–Crippen MR) is 77.0 cm³/mol. The molecule has 9 nitrogen and oxygen atoms in total. The summed E-state index contributed by atoms with van der Waals surface area (Å²) < 4.78 is 22.6. The summed E-state index contributed by atoms with van der Waals surface area (Å²) in [6, 6.07) is 3.47. The molecule has 10 heteroatoms. The molecule has 0 aromatic heterocycles. The largest absolute Gasteiger partial charge is 0.481 e. The zero-order valence-electron chi connectivity index (χ0n) is 11.5. The fraction of sp³-hybridized carbons (Fsp3) is 0.417. The molecule has 0 atom stereocenters. The molecule has 0 bridgehead atoms. The zero-order valence-corrected chi connectivity index (χ0v) is 12.3. The first-order valence-corrected chi connectivity index (χ1v) is 8.04. The molecule has 1 heterocycles. The Balaban J connectivity index is 2.32. The maximum Gasteiger partial charge on any atom is 0.306 e. The van der Waals surface area contributed by atoms with E-state index in [4.69, 9.17) is 10.2 Å². The summed E-state index contributed by atoms with van der Waals surface area (Å²) in [6.45, 7) is 0.707. The van der Waals surface area contributed by atoms with E-state index in [9.17, 15) is 23.3 Å². The maximum atomic E-state index is 11.3. The molecule has 0 saturated carbocycles. The minimum Gasteiger partial charge on any atom is -0.481 e. The van der Waals surface area contributed by atoms with Gasteiger partial charge in [0.1, 0.15) is 5.69 Å². The quantitative estimate of drug-likeness (QED) is 0.606. The fourth-order valence-corrected chi connectivity index (χ4v) is 2.99. The second-order valence-corrected chi connectivity index (χ2v) is 6.61. The lowest BCUT2D eigenvalue weighted by atomic mass is 9.96. The Morgan fingerprint density at radius 2 is 1.95 bits per heavy atom. The summed E-state index contributed by atoms with van der Waals surface area (Å²) in [5.41, 5.74) is -0.0958. The highest BCUT2D eigenvalue weighted by atomic mass is 32.2. The van der Waals surface area contributed by atoms with Gasteiger partial charge in [0, 0.05) is 19.2 Å². The van der Waals surface area contributed by atoms with Crippen molar-refractivity contribution < 1.29 is 23.2 Å². The van der Waals surface area contributed by atoms with E-state index in [1.54, 1.807) is 4.90 Å². The summed E-state index contributed by atoms with van der Waals surface area (Å²) in [5, 5.41) is 25.1. The molecule has 1 aliphatic heterocycles. The van der Waals surface area contributed by atoms with Crippen molar-refractivity contribution in [2.24, 2.45) is 11.1 Å². The normalized spacial score (nSPS) is 16.5. The summed E-state index contributed by atoms with van der Waals surface area (Å²) >= 11 is 0. The molecule has 0 unspecified atom stereocenters. The zero-order chi connectivity index (χ0) is 16.5. The molecule has 3 N–H and O–H groups in total. The fourth-order valence-electron chi connectivity index (χ4n) is 2.46.